The predicted octanol–water partition coefficient (Wildman–Crippen LogP) is 1.80. The molecule has 2 aromatic carbocycles. The molecule has 2 aromatic rings. The molecule has 0 atom stereocenters. The van der Waals surface area contributed by atoms with Crippen LogP contribution < -0.4 is 19.9 Å². The van der Waals surface area contributed by atoms with Crippen molar-refractivity contribution in [3.63, 3.8) is 0 Å². The molecule has 0 saturated carbocycles. The Morgan fingerprint density at radius 2 is 1.82 bits per heavy atom. The molecule has 0 fully saturated rings. The first-order valence-corrected chi connectivity index (χ1v) is 9.59. The summed E-state index contributed by atoms with van der Waals surface area (Å²) in [6.07, 6.45) is 0. The van der Waals surface area contributed by atoms with Crippen molar-refractivity contribution in [1.29, 1.82) is 0 Å². The van der Waals surface area contributed by atoms with Crippen LogP contribution >= 0.6 is 11.6 Å². The molecule has 0 saturated heterocycles. The van der Waals surface area contributed by atoms with Gasteiger partial charge in [0.1, 0.15) is 16.4 Å². The summed E-state index contributed by atoms with van der Waals surface area (Å²) in [6, 6.07) is 8.18. The Hall–Kier alpha value is -2.82. The summed E-state index contributed by atoms with van der Waals surface area (Å²) in [4.78, 5) is 23.7. The first kappa shape index (κ1) is 21.5. The number of carbonyl (C=O) groups is 2. The third kappa shape index (κ3) is 5.35. The van der Waals surface area contributed by atoms with Crippen molar-refractivity contribution in [3.05, 3.63) is 47.0 Å². The number of hydrogen-bond acceptors (Lipinski definition) is 7. The van der Waals surface area contributed by atoms with Crippen LogP contribution in [0.1, 0.15) is 10.4 Å². The highest BCUT2D eigenvalue weighted by atomic mass is 35.5. The summed E-state index contributed by atoms with van der Waals surface area (Å²) >= 11 is 5.76. The van der Waals surface area contributed by atoms with Crippen molar-refractivity contribution >= 4 is 39.2 Å². The molecule has 11 heteroatoms. The summed E-state index contributed by atoms with van der Waals surface area (Å²) in [6.45, 7) is -0.610. The van der Waals surface area contributed by atoms with Gasteiger partial charge in [0.05, 0.1) is 30.5 Å². The van der Waals surface area contributed by atoms with E-state index in [-0.39, 0.29) is 10.6 Å². The van der Waals surface area contributed by atoms with E-state index in [1.807, 2.05) is 0 Å². The quantitative estimate of drug-likeness (QED) is 0.642. The molecular weight excluding hydrogens is 412 g/mol. The van der Waals surface area contributed by atoms with Gasteiger partial charge in [-0.3, -0.25) is 4.79 Å². The van der Waals surface area contributed by atoms with Gasteiger partial charge in [-0.1, -0.05) is 11.6 Å². The normalized spacial score (nSPS) is 10.9. The fourth-order valence-electron chi connectivity index (χ4n) is 2.15. The smallest absolute Gasteiger partial charge is 0.338 e. The van der Waals surface area contributed by atoms with Crippen molar-refractivity contribution < 1.29 is 32.2 Å². The zero-order valence-electron chi connectivity index (χ0n) is 14.9. The number of halogens is 1. The first-order chi connectivity index (χ1) is 13.2. The Bertz CT molecular complexity index is 1010. The number of rotatable bonds is 7. The van der Waals surface area contributed by atoms with E-state index in [0.717, 1.165) is 6.07 Å². The lowest BCUT2D eigenvalue weighted by Crippen LogP contribution is -2.21. The Morgan fingerprint density at radius 1 is 1.11 bits per heavy atom. The molecule has 1 amide bonds. The maximum atomic E-state index is 12.1. The molecule has 0 aromatic heterocycles. The molecule has 0 radical (unpaired) electrons. The minimum atomic E-state index is -4.12. The monoisotopic (exact) mass is 428 g/mol. The van der Waals surface area contributed by atoms with Crippen molar-refractivity contribution in [3.8, 4) is 11.5 Å². The van der Waals surface area contributed by atoms with Gasteiger partial charge in [-0.15, -0.1) is 0 Å². The number of hydrogen-bond donors (Lipinski definition) is 2. The highest BCUT2D eigenvalue weighted by Gasteiger charge is 2.18. The third-order valence-electron chi connectivity index (χ3n) is 3.49. The number of benzene rings is 2. The van der Waals surface area contributed by atoms with E-state index in [4.69, 9.17) is 31.0 Å². The lowest BCUT2D eigenvalue weighted by Gasteiger charge is -2.12. The first-order valence-electron chi connectivity index (χ1n) is 7.67. The number of carbonyl (C=O) groups excluding carboxylic acids is 2. The number of esters is 1. The molecule has 0 unspecified atom stereocenters. The number of primary sulfonamides is 1. The molecule has 28 heavy (non-hydrogen) atoms. The lowest BCUT2D eigenvalue weighted by molar-refractivity contribution is -0.119. The Balaban J connectivity index is 2.04. The van der Waals surface area contributed by atoms with Crippen LogP contribution in [0, 0.1) is 0 Å². The van der Waals surface area contributed by atoms with E-state index in [0.29, 0.717) is 17.2 Å². The highest BCUT2D eigenvalue weighted by Crippen LogP contribution is 2.29. The minimum Gasteiger partial charge on any atom is -0.497 e. The molecule has 150 valence electrons. The number of amides is 1. The second kappa shape index (κ2) is 8.91. The molecule has 0 heterocycles. The van der Waals surface area contributed by atoms with Crippen LogP contribution in [0.3, 0.4) is 0 Å². The standard InChI is InChI=1S/C17H17ClN2O7S/c1-25-11-4-6-13(14(8-11)26-2)20-16(21)9-27-17(22)10-3-5-12(18)15(7-10)28(19,23)24/h3-8H,9H2,1-2H3,(H,20,21)(H2,19,23,24). The van der Waals surface area contributed by atoms with Crippen LogP contribution in [-0.4, -0.2) is 41.1 Å². The molecule has 3 N–H and O–H groups in total. The number of nitrogens with one attached hydrogen (secondary N) is 1. The van der Waals surface area contributed by atoms with Gasteiger partial charge in [0, 0.05) is 6.07 Å². The maximum Gasteiger partial charge on any atom is 0.338 e. The van der Waals surface area contributed by atoms with Crippen LogP contribution in [0.5, 0.6) is 11.5 Å². The zero-order valence-corrected chi connectivity index (χ0v) is 16.5. The summed E-state index contributed by atoms with van der Waals surface area (Å²) < 4.78 is 38.0. The number of sulfonamides is 1. The van der Waals surface area contributed by atoms with Crippen LogP contribution in [0.15, 0.2) is 41.3 Å². The van der Waals surface area contributed by atoms with Gasteiger partial charge in [0.2, 0.25) is 10.0 Å². The average Bonchev–Trinajstić information content (AvgIpc) is 2.65. The van der Waals surface area contributed by atoms with Gasteiger partial charge in [0.25, 0.3) is 5.91 Å². The van der Waals surface area contributed by atoms with Crippen LogP contribution in [0.25, 0.3) is 0 Å². The molecule has 2 rings (SSSR count). The molecule has 0 spiro atoms. The fraction of sp³-hybridized carbons (Fsp3) is 0.176. The summed E-state index contributed by atoms with van der Waals surface area (Å²) in [5.41, 5.74) is 0.232. The Morgan fingerprint density at radius 3 is 2.43 bits per heavy atom. The molecule has 0 aliphatic heterocycles. The van der Waals surface area contributed by atoms with Crippen LogP contribution in [0.2, 0.25) is 5.02 Å². The van der Waals surface area contributed by atoms with E-state index in [1.165, 1.54) is 26.4 Å². The molecule has 9 nitrogen and oxygen atoms in total. The molecule has 0 aliphatic rings. The SMILES string of the molecule is COc1ccc(NC(=O)COC(=O)c2ccc(Cl)c(S(N)(=O)=O)c2)c(OC)c1. The van der Waals surface area contributed by atoms with E-state index in [1.54, 1.807) is 18.2 Å². The van der Waals surface area contributed by atoms with Crippen molar-refractivity contribution in [2.24, 2.45) is 5.14 Å². The molecular formula is C17H17ClN2O7S. The van der Waals surface area contributed by atoms with E-state index in [2.05, 4.69) is 5.32 Å². The van der Waals surface area contributed by atoms with Gasteiger partial charge in [0.15, 0.2) is 6.61 Å². The van der Waals surface area contributed by atoms with Crippen molar-refractivity contribution in [2.45, 2.75) is 4.90 Å². The van der Waals surface area contributed by atoms with Gasteiger partial charge >= 0.3 is 5.97 Å². The topological polar surface area (TPSA) is 134 Å². The van der Waals surface area contributed by atoms with E-state index < -0.39 is 33.4 Å². The summed E-state index contributed by atoms with van der Waals surface area (Å²) in [7, 11) is -1.20. The number of methoxy groups -OCH3 is 2. The average molecular weight is 429 g/mol. The van der Waals surface area contributed by atoms with Crippen LogP contribution in [0.4, 0.5) is 5.69 Å². The molecule has 0 aliphatic carbocycles. The van der Waals surface area contributed by atoms with Gasteiger partial charge in [-0.25, -0.2) is 18.4 Å². The second-order valence-electron chi connectivity index (χ2n) is 5.38. The Labute approximate surface area is 166 Å². The maximum absolute atomic E-state index is 12.1. The van der Waals surface area contributed by atoms with Crippen molar-refractivity contribution in [1.82, 2.24) is 0 Å². The van der Waals surface area contributed by atoms with Crippen LogP contribution in [-0.2, 0) is 19.6 Å². The largest absolute Gasteiger partial charge is 0.497 e. The number of nitrogens with two attached hydrogens (primary N) is 1. The van der Waals surface area contributed by atoms with E-state index in [9.17, 15) is 18.0 Å². The summed E-state index contributed by atoms with van der Waals surface area (Å²) in [5, 5.41) is 7.43. The third-order valence-corrected chi connectivity index (χ3v) is 4.88. The second-order valence-corrected chi connectivity index (χ2v) is 7.32. The Kier molecular flexibility index (Phi) is 6.84. The van der Waals surface area contributed by atoms with Gasteiger partial charge in [-0.2, -0.15) is 0 Å². The van der Waals surface area contributed by atoms with Crippen molar-refractivity contribution in [2.75, 3.05) is 26.1 Å². The summed E-state index contributed by atoms with van der Waals surface area (Å²) in [5.74, 6) is -0.653. The van der Waals surface area contributed by atoms with E-state index >= 15 is 0 Å². The number of ether oxygens (including phenoxy) is 3. The minimum absolute atomic E-state index is 0.122. The van der Waals surface area contributed by atoms with Gasteiger partial charge in [-0.05, 0) is 30.3 Å². The predicted molar refractivity (Wildman–Crippen MR) is 101 cm³/mol. The molecule has 0 bridgehead atoms. The fourth-order valence-corrected chi connectivity index (χ4v) is 3.22. The number of anilines is 1. The zero-order chi connectivity index (χ0) is 20.9. The highest BCUT2D eigenvalue weighted by molar-refractivity contribution is 7.89. The lowest BCUT2D eigenvalue weighted by atomic mass is 10.2. The van der Waals surface area contributed by atoms with Gasteiger partial charge < -0.3 is 19.5 Å².